The first kappa shape index (κ1) is 15.6. The van der Waals surface area contributed by atoms with Crippen LogP contribution in [-0.4, -0.2) is 63.4 Å². The maximum Gasteiger partial charge on any atom is 0.248 e. The van der Waals surface area contributed by atoms with Gasteiger partial charge in [0.05, 0.1) is 19.3 Å². The predicted octanol–water partition coefficient (Wildman–Crippen LogP) is -0.108. The Morgan fingerprint density at radius 1 is 1.38 bits per heavy atom. The average molecular weight is 253 g/mol. The van der Waals surface area contributed by atoms with Gasteiger partial charge in [-0.25, -0.2) is 0 Å². The first-order chi connectivity index (χ1) is 7.25. The summed E-state index contributed by atoms with van der Waals surface area (Å²) in [5, 5.41) is 3.13. The number of nitrogens with zero attached hydrogens (tertiary/aromatic N) is 1. The van der Waals surface area contributed by atoms with E-state index in [1.807, 2.05) is 14.0 Å². The fraction of sp³-hybridized carbons (Fsp3) is 0.900. The molecule has 0 bridgehead atoms. The SMILES string of the molecule is CCOCCOCC(=O)N(C)C1CNC1.Cl. The molecule has 0 radical (unpaired) electrons. The molecule has 1 saturated heterocycles. The number of nitrogens with one attached hydrogen (secondary N) is 1. The van der Waals surface area contributed by atoms with Gasteiger partial charge in [-0.1, -0.05) is 0 Å². The summed E-state index contributed by atoms with van der Waals surface area (Å²) in [6, 6.07) is 0.341. The Kier molecular flexibility index (Phi) is 8.56. The molecule has 0 atom stereocenters. The van der Waals surface area contributed by atoms with Crippen LogP contribution in [-0.2, 0) is 14.3 Å². The van der Waals surface area contributed by atoms with Crippen molar-refractivity contribution < 1.29 is 14.3 Å². The number of rotatable bonds is 7. The summed E-state index contributed by atoms with van der Waals surface area (Å²) in [6.07, 6.45) is 0. The standard InChI is InChI=1S/C10H20N2O3.ClH/c1-3-14-4-5-15-8-10(13)12(2)9-6-11-7-9;/h9,11H,3-8H2,1-2H3;1H. The molecule has 1 N–H and O–H groups in total. The van der Waals surface area contributed by atoms with E-state index in [0.29, 0.717) is 25.9 Å². The third kappa shape index (κ3) is 5.12. The molecule has 0 aromatic heterocycles. The Morgan fingerprint density at radius 3 is 2.50 bits per heavy atom. The molecule has 16 heavy (non-hydrogen) atoms. The van der Waals surface area contributed by atoms with E-state index in [4.69, 9.17) is 9.47 Å². The van der Waals surface area contributed by atoms with Crippen LogP contribution < -0.4 is 5.32 Å². The number of hydrogen-bond donors (Lipinski definition) is 1. The van der Waals surface area contributed by atoms with Crippen LogP contribution in [0.5, 0.6) is 0 Å². The minimum Gasteiger partial charge on any atom is -0.379 e. The van der Waals surface area contributed by atoms with Gasteiger partial charge in [-0.2, -0.15) is 0 Å². The average Bonchev–Trinajstić information content (AvgIpc) is 2.14. The van der Waals surface area contributed by atoms with Gasteiger partial charge in [0.15, 0.2) is 0 Å². The highest BCUT2D eigenvalue weighted by Gasteiger charge is 2.24. The fourth-order valence-corrected chi connectivity index (χ4v) is 1.27. The largest absolute Gasteiger partial charge is 0.379 e. The Bertz CT molecular complexity index is 201. The molecule has 1 aliphatic heterocycles. The van der Waals surface area contributed by atoms with Crippen LogP contribution in [0, 0.1) is 0 Å². The molecule has 6 heteroatoms. The van der Waals surface area contributed by atoms with Crippen molar-refractivity contribution in [1.82, 2.24) is 10.2 Å². The number of likely N-dealkylation sites (N-methyl/N-ethyl adjacent to an activating group) is 1. The molecule has 0 saturated carbocycles. The normalized spacial score (nSPS) is 15.1. The van der Waals surface area contributed by atoms with E-state index in [0.717, 1.165) is 13.1 Å². The van der Waals surface area contributed by atoms with Crippen LogP contribution in [0.3, 0.4) is 0 Å². The van der Waals surface area contributed by atoms with Crippen molar-refractivity contribution in [3.05, 3.63) is 0 Å². The lowest BCUT2D eigenvalue weighted by Crippen LogP contribution is -2.58. The quantitative estimate of drug-likeness (QED) is 0.643. The second-order valence-electron chi connectivity index (χ2n) is 3.57. The molecule has 1 fully saturated rings. The highest BCUT2D eigenvalue weighted by Crippen LogP contribution is 2.02. The number of ether oxygens (including phenoxy) is 2. The van der Waals surface area contributed by atoms with E-state index in [1.165, 1.54) is 0 Å². The van der Waals surface area contributed by atoms with Crippen LogP contribution in [0.2, 0.25) is 0 Å². The molecule has 1 rings (SSSR count). The van der Waals surface area contributed by atoms with Gasteiger partial charge in [0.1, 0.15) is 6.61 Å². The number of carbonyl (C=O) groups is 1. The minimum absolute atomic E-state index is 0. The highest BCUT2D eigenvalue weighted by molar-refractivity contribution is 5.85. The summed E-state index contributed by atoms with van der Waals surface area (Å²) in [6.45, 7) is 5.59. The number of hydrogen-bond acceptors (Lipinski definition) is 4. The van der Waals surface area contributed by atoms with E-state index in [2.05, 4.69) is 5.32 Å². The molecule has 5 nitrogen and oxygen atoms in total. The Morgan fingerprint density at radius 2 is 2.00 bits per heavy atom. The minimum atomic E-state index is 0. The zero-order chi connectivity index (χ0) is 11.1. The fourth-order valence-electron chi connectivity index (χ4n) is 1.27. The second-order valence-corrected chi connectivity index (χ2v) is 3.57. The Labute approximate surface area is 103 Å². The zero-order valence-corrected chi connectivity index (χ0v) is 10.7. The van der Waals surface area contributed by atoms with Crippen LogP contribution in [0.25, 0.3) is 0 Å². The van der Waals surface area contributed by atoms with Crippen molar-refractivity contribution in [3.8, 4) is 0 Å². The maximum absolute atomic E-state index is 11.5. The summed E-state index contributed by atoms with van der Waals surface area (Å²) in [5.41, 5.74) is 0. The topological polar surface area (TPSA) is 50.8 Å². The molecule has 1 aliphatic rings. The van der Waals surface area contributed by atoms with Gasteiger partial charge in [-0.3, -0.25) is 4.79 Å². The lowest BCUT2D eigenvalue weighted by Gasteiger charge is -2.35. The third-order valence-electron chi connectivity index (χ3n) is 2.50. The van der Waals surface area contributed by atoms with Crippen molar-refractivity contribution >= 4 is 18.3 Å². The van der Waals surface area contributed by atoms with Gasteiger partial charge in [0.25, 0.3) is 0 Å². The Hall–Kier alpha value is -0.360. The first-order valence-electron chi connectivity index (χ1n) is 5.37. The van der Waals surface area contributed by atoms with Crippen LogP contribution >= 0.6 is 12.4 Å². The molecule has 0 aliphatic carbocycles. The van der Waals surface area contributed by atoms with Crippen molar-refractivity contribution in [3.63, 3.8) is 0 Å². The Balaban J connectivity index is 0.00000225. The monoisotopic (exact) mass is 252 g/mol. The number of halogens is 1. The lowest BCUT2D eigenvalue weighted by molar-refractivity contribution is -0.138. The summed E-state index contributed by atoms with van der Waals surface area (Å²) in [4.78, 5) is 13.3. The maximum atomic E-state index is 11.5. The van der Waals surface area contributed by atoms with Gasteiger partial charge in [0, 0.05) is 26.7 Å². The predicted molar refractivity (Wildman–Crippen MR) is 64.0 cm³/mol. The molecule has 96 valence electrons. The van der Waals surface area contributed by atoms with Crippen LogP contribution in [0.1, 0.15) is 6.92 Å². The van der Waals surface area contributed by atoms with Gasteiger partial charge in [0.2, 0.25) is 5.91 Å². The summed E-state index contributed by atoms with van der Waals surface area (Å²) < 4.78 is 10.3. The van der Waals surface area contributed by atoms with Gasteiger partial charge in [-0.05, 0) is 6.92 Å². The smallest absolute Gasteiger partial charge is 0.248 e. The van der Waals surface area contributed by atoms with E-state index < -0.39 is 0 Å². The molecule has 0 aromatic carbocycles. The highest BCUT2D eigenvalue weighted by atomic mass is 35.5. The van der Waals surface area contributed by atoms with Crippen molar-refractivity contribution in [1.29, 1.82) is 0 Å². The van der Waals surface area contributed by atoms with Crippen molar-refractivity contribution in [2.24, 2.45) is 0 Å². The third-order valence-corrected chi connectivity index (χ3v) is 2.50. The van der Waals surface area contributed by atoms with E-state index in [1.54, 1.807) is 4.90 Å². The van der Waals surface area contributed by atoms with E-state index in [9.17, 15) is 4.79 Å². The molecular formula is C10H21ClN2O3. The van der Waals surface area contributed by atoms with Gasteiger partial charge >= 0.3 is 0 Å². The van der Waals surface area contributed by atoms with Crippen LogP contribution in [0.4, 0.5) is 0 Å². The summed E-state index contributed by atoms with van der Waals surface area (Å²) in [5.74, 6) is 0.0398. The summed E-state index contributed by atoms with van der Waals surface area (Å²) >= 11 is 0. The van der Waals surface area contributed by atoms with Crippen LogP contribution in [0.15, 0.2) is 0 Å². The van der Waals surface area contributed by atoms with Gasteiger partial charge < -0.3 is 19.7 Å². The molecule has 0 spiro atoms. The van der Waals surface area contributed by atoms with Crippen molar-refractivity contribution in [2.75, 3.05) is 46.6 Å². The molecular weight excluding hydrogens is 232 g/mol. The number of carbonyl (C=O) groups excluding carboxylic acids is 1. The second kappa shape index (κ2) is 8.75. The lowest BCUT2D eigenvalue weighted by atomic mass is 10.1. The van der Waals surface area contributed by atoms with Gasteiger partial charge in [-0.15, -0.1) is 12.4 Å². The van der Waals surface area contributed by atoms with E-state index in [-0.39, 0.29) is 24.9 Å². The molecule has 1 amide bonds. The number of amides is 1. The molecule has 0 aromatic rings. The zero-order valence-electron chi connectivity index (χ0n) is 9.90. The summed E-state index contributed by atoms with van der Waals surface area (Å²) in [7, 11) is 1.82. The van der Waals surface area contributed by atoms with E-state index >= 15 is 0 Å². The molecule has 0 unspecified atom stereocenters. The van der Waals surface area contributed by atoms with Crippen molar-refractivity contribution in [2.45, 2.75) is 13.0 Å². The first-order valence-corrected chi connectivity index (χ1v) is 5.37. The molecule has 1 heterocycles.